The molecule has 9 rings (SSSR count). The van der Waals surface area contributed by atoms with Crippen molar-refractivity contribution in [3.63, 3.8) is 0 Å². The molecule has 0 aliphatic rings. The maximum absolute atomic E-state index is 5.98. The standard InChI is InChI=1S/C42H26N6O/c1-4-11-27(12-5-1)32-17-10-18-33(23-32)41-47-39(30-15-8-3-9-16-30)46-40(48-41)31-21-19-28(20-22-31)34-24-35-37-36(49-42(35)44-25-34)26-43-38(45-37)29-13-6-2-7-14-29/h1-26H. The van der Waals surface area contributed by atoms with Gasteiger partial charge in [-0.05, 0) is 28.8 Å². The molecule has 0 N–H and O–H groups in total. The van der Waals surface area contributed by atoms with Gasteiger partial charge >= 0.3 is 0 Å². The average Bonchev–Trinajstić information content (AvgIpc) is 3.56. The Morgan fingerprint density at radius 1 is 0.347 bits per heavy atom. The van der Waals surface area contributed by atoms with Gasteiger partial charge in [-0.25, -0.2) is 29.9 Å². The molecule has 0 aliphatic carbocycles. The van der Waals surface area contributed by atoms with Gasteiger partial charge in [-0.1, -0.05) is 133 Å². The molecule has 7 nitrogen and oxygen atoms in total. The molecule has 0 spiro atoms. The second-order valence-corrected chi connectivity index (χ2v) is 11.6. The van der Waals surface area contributed by atoms with Crippen LogP contribution in [0.4, 0.5) is 0 Å². The van der Waals surface area contributed by atoms with E-state index >= 15 is 0 Å². The summed E-state index contributed by atoms with van der Waals surface area (Å²) >= 11 is 0. The van der Waals surface area contributed by atoms with Crippen molar-refractivity contribution in [3.05, 3.63) is 158 Å². The van der Waals surface area contributed by atoms with Crippen LogP contribution in [0.25, 0.3) is 90.0 Å². The van der Waals surface area contributed by atoms with Crippen LogP contribution in [0.2, 0.25) is 0 Å². The molecule has 0 bridgehead atoms. The smallest absolute Gasteiger partial charge is 0.229 e. The van der Waals surface area contributed by atoms with Gasteiger partial charge in [0.15, 0.2) is 28.9 Å². The third-order valence-corrected chi connectivity index (χ3v) is 8.47. The second-order valence-electron chi connectivity index (χ2n) is 11.6. The van der Waals surface area contributed by atoms with Crippen LogP contribution in [0.1, 0.15) is 0 Å². The van der Waals surface area contributed by atoms with E-state index in [-0.39, 0.29) is 0 Å². The Morgan fingerprint density at radius 2 is 0.857 bits per heavy atom. The van der Waals surface area contributed by atoms with E-state index in [4.69, 9.17) is 24.4 Å². The van der Waals surface area contributed by atoms with E-state index < -0.39 is 0 Å². The van der Waals surface area contributed by atoms with Gasteiger partial charge in [0.05, 0.1) is 11.6 Å². The third kappa shape index (κ3) is 5.49. The highest BCUT2D eigenvalue weighted by Gasteiger charge is 2.16. The van der Waals surface area contributed by atoms with Gasteiger partial charge in [-0.2, -0.15) is 0 Å². The van der Waals surface area contributed by atoms with E-state index in [1.807, 2.05) is 109 Å². The molecule has 230 valence electrons. The van der Waals surface area contributed by atoms with Crippen molar-refractivity contribution < 1.29 is 4.42 Å². The van der Waals surface area contributed by atoms with Crippen molar-refractivity contribution in [2.24, 2.45) is 0 Å². The molecular formula is C42H26N6O. The number of fused-ring (bicyclic) bond motifs is 3. The Morgan fingerprint density at radius 3 is 1.53 bits per heavy atom. The number of rotatable bonds is 6. The van der Waals surface area contributed by atoms with E-state index in [1.54, 1.807) is 6.20 Å². The fourth-order valence-corrected chi connectivity index (χ4v) is 5.96. The molecule has 4 aromatic heterocycles. The van der Waals surface area contributed by atoms with Gasteiger partial charge in [0.2, 0.25) is 5.71 Å². The molecule has 0 atom stereocenters. The van der Waals surface area contributed by atoms with Crippen molar-refractivity contribution in [1.29, 1.82) is 0 Å². The molecule has 7 heteroatoms. The number of pyridine rings is 1. The monoisotopic (exact) mass is 630 g/mol. The fraction of sp³-hybridized carbons (Fsp3) is 0. The lowest BCUT2D eigenvalue weighted by Crippen LogP contribution is -2.00. The van der Waals surface area contributed by atoms with Gasteiger partial charge in [0.1, 0.15) is 5.52 Å². The van der Waals surface area contributed by atoms with Crippen molar-refractivity contribution >= 4 is 22.2 Å². The van der Waals surface area contributed by atoms with E-state index in [2.05, 4.69) is 52.4 Å². The molecule has 9 aromatic rings. The minimum Gasteiger partial charge on any atom is -0.434 e. The van der Waals surface area contributed by atoms with Gasteiger partial charge in [0, 0.05) is 34.0 Å². The highest BCUT2D eigenvalue weighted by atomic mass is 16.3. The van der Waals surface area contributed by atoms with Gasteiger partial charge in [-0.3, -0.25) is 0 Å². The Bertz CT molecular complexity index is 2590. The van der Waals surface area contributed by atoms with Crippen LogP contribution in [-0.4, -0.2) is 29.9 Å². The first-order valence-corrected chi connectivity index (χ1v) is 15.9. The third-order valence-electron chi connectivity index (χ3n) is 8.47. The minimum absolute atomic E-state index is 0.525. The number of aromatic nitrogens is 6. The molecule has 0 aliphatic heterocycles. The predicted octanol–water partition coefficient (Wildman–Crippen LogP) is 9.96. The van der Waals surface area contributed by atoms with E-state index in [9.17, 15) is 0 Å². The number of furan rings is 1. The van der Waals surface area contributed by atoms with E-state index in [1.165, 1.54) is 0 Å². The van der Waals surface area contributed by atoms with E-state index in [0.29, 0.717) is 34.6 Å². The lowest BCUT2D eigenvalue weighted by molar-refractivity contribution is 0.651. The summed E-state index contributed by atoms with van der Waals surface area (Å²) in [6.45, 7) is 0. The fourth-order valence-electron chi connectivity index (χ4n) is 5.96. The SMILES string of the molecule is c1ccc(-c2cccc(-c3nc(-c4ccccc4)nc(-c4ccc(-c5cnc6oc7cnc(-c8ccccc8)nc7c6c5)cc4)n3)c2)cc1. The highest BCUT2D eigenvalue weighted by Crippen LogP contribution is 2.33. The summed E-state index contributed by atoms with van der Waals surface area (Å²) in [6, 6.07) is 48.8. The summed E-state index contributed by atoms with van der Waals surface area (Å²) in [5.41, 5.74) is 9.71. The zero-order valence-electron chi connectivity index (χ0n) is 26.1. The molecule has 0 saturated heterocycles. The number of hydrogen-bond acceptors (Lipinski definition) is 7. The maximum Gasteiger partial charge on any atom is 0.229 e. The first kappa shape index (κ1) is 28.4. The molecular weight excluding hydrogens is 605 g/mol. The summed E-state index contributed by atoms with van der Waals surface area (Å²) in [5.74, 6) is 2.47. The minimum atomic E-state index is 0.525. The highest BCUT2D eigenvalue weighted by molar-refractivity contribution is 6.02. The Kier molecular flexibility index (Phi) is 6.98. The van der Waals surface area contributed by atoms with Crippen molar-refractivity contribution in [1.82, 2.24) is 29.9 Å². The van der Waals surface area contributed by atoms with Gasteiger partial charge in [-0.15, -0.1) is 0 Å². The van der Waals surface area contributed by atoms with Crippen molar-refractivity contribution in [3.8, 4) is 67.8 Å². The van der Waals surface area contributed by atoms with Gasteiger partial charge in [0.25, 0.3) is 0 Å². The quantitative estimate of drug-likeness (QED) is 0.181. The van der Waals surface area contributed by atoms with Crippen molar-refractivity contribution in [2.75, 3.05) is 0 Å². The number of hydrogen-bond donors (Lipinski definition) is 0. The number of nitrogens with zero attached hydrogens (tertiary/aromatic N) is 6. The Labute approximate surface area is 281 Å². The molecule has 5 aromatic carbocycles. The van der Waals surface area contributed by atoms with Crippen molar-refractivity contribution in [2.45, 2.75) is 0 Å². The largest absolute Gasteiger partial charge is 0.434 e. The molecule has 49 heavy (non-hydrogen) atoms. The average molecular weight is 631 g/mol. The summed E-state index contributed by atoms with van der Waals surface area (Å²) in [6.07, 6.45) is 3.53. The lowest BCUT2D eigenvalue weighted by atomic mass is 10.0. The zero-order chi connectivity index (χ0) is 32.6. The van der Waals surface area contributed by atoms with Crippen LogP contribution in [0, 0.1) is 0 Å². The normalized spacial score (nSPS) is 11.3. The molecule has 0 radical (unpaired) electrons. The molecule has 4 heterocycles. The Hall–Kier alpha value is -6.86. The first-order chi connectivity index (χ1) is 24.2. The van der Waals surface area contributed by atoms with Crippen LogP contribution < -0.4 is 0 Å². The summed E-state index contributed by atoms with van der Waals surface area (Å²) < 4.78 is 5.98. The van der Waals surface area contributed by atoms with Crippen LogP contribution in [0.5, 0.6) is 0 Å². The summed E-state index contributed by atoms with van der Waals surface area (Å²) in [7, 11) is 0. The molecule has 0 fully saturated rings. The predicted molar refractivity (Wildman–Crippen MR) is 193 cm³/mol. The van der Waals surface area contributed by atoms with Crippen LogP contribution in [-0.2, 0) is 0 Å². The van der Waals surface area contributed by atoms with Gasteiger partial charge < -0.3 is 4.42 Å². The first-order valence-electron chi connectivity index (χ1n) is 15.9. The lowest BCUT2D eigenvalue weighted by Gasteiger charge is -2.10. The Balaban J connectivity index is 1.09. The summed E-state index contributed by atoms with van der Waals surface area (Å²) in [5, 5.41) is 0.837. The van der Waals surface area contributed by atoms with E-state index in [0.717, 1.165) is 55.4 Å². The van der Waals surface area contributed by atoms with Crippen LogP contribution in [0.15, 0.2) is 162 Å². The molecule has 0 saturated carbocycles. The van der Waals surface area contributed by atoms with Crippen LogP contribution >= 0.6 is 0 Å². The maximum atomic E-state index is 5.98. The number of benzene rings is 5. The summed E-state index contributed by atoms with van der Waals surface area (Å²) in [4.78, 5) is 28.8. The van der Waals surface area contributed by atoms with Crippen LogP contribution in [0.3, 0.4) is 0 Å². The molecule has 0 unspecified atom stereocenters. The zero-order valence-corrected chi connectivity index (χ0v) is 26.1. The topological polar surface area (TPSA) is 90.5 Å². The molecule has 0 amide bonds. The second kappa shape index (κ2) is 12.1.